The zero-order valence-electron chi connectivity index (χ0n) is 14.6. The van der Waals surface area contributed by atoms with Crippen LogP contribution in [-0.4, -0.2) is 55.2 Å². The normalized spacial score (nSPS) is 16.3. The van der Waals surface area contributed by atoms with Crippen molar-refractivity contribution in [1.82, 2.24) is 9.97 Å². The zero-order valence-corrected chi connectivity index (χ0v) is 14.6. The molecule has 2 heterocycles. The lowest BCUT2D eigenvalue weighted by molar-refractivity contribution is -0.914. The summed E-state index contributed by atoms with van der Waals surface area (Å²) >= 11 is 0. The number of benzene rings is 1. The van der Waals surface area contributed by atoms with E-state index in [1.165, 1.54) is 4.90 Å². The molecule has 1 aliphatic heterocycles. The number of rotatable bonds is 5. The minimum atomic E-state index is -0.135. The summed E-state index contributed by atoms with van der Waals surface area (Å²) in [5.74, 6) is 1.43. The van der Waals surface area contributed by atoms with Crippen LogP contribution in [0.5, 0.6) is 5.75 Å². The van der Waals surface area contributed by atoms with Gasteiger partial charge < -0.3 is 19.9 Å². The summed E-state index contributed by atoms with van der Waals surface area (Å²) < 4.78 is 5.29. The van der Waals surface area contributed by atoms with Crippen molar-refractivity contribution in [3.63, 3.8) is 0 Å². The molecule has 1 amide bonds. The van der Waals surface area contributed by atoms with Gasteiger partial charge in [-0.25, -0.2) is 9.97 Å². The van der Waals surface area contributed by atoms with E-state index < -0.39 is 0 Å². The molecule has 2 N–H and O–H groups in total. The molecule has 0 aliphatic carbocycles. The number of para-hydroxylation sites is 2. The summed E-state index contributed by atoms with van der Waals surface area (Å²) in [5.41, 5.74) is 0.706. The summed E-state index contributed by atoms with van der Waals surface area (Å²) in [4.78, 5) is 24.6. The third-order valence-corrected chi connectivity index (χ3v) is 4.61. The highest BCUT2D eigenvalue weighted by Gasteiger charge is 2.30. The molecule has 0 saturated carbocycles. The van der Waals surface area contributed by atoms with Gasteiger partial charge in [-0.1, -0.05) is 12.1 Å². The molecule has 132 valence electrons. The van der Waals surface area contributed by atoms with Gasteiger partial charge in [0.05, 0.1) is 39.0 Å². The molecule has 7 nitrogen and oxygen atoms in total. The predicted molar refractivity (Wildman–Crippen MR) is 96.0 cm³/mol. The lowest BCUT2D eigenvalue weighted by Gasteiger charge is -2.34. The molecular formula is C18H24N5O2+. The monoisotopic (exact) mass is 342 g/mol. The Balaban J connectivity index is 1.57. The molecular weight excluding hydrogens is 318 g/mol. The number of methoxy groups -OCH3 is 1. The molecule has 1 atom stereocenters. The summed E-state index contributed by atoms with van der Waals surface area (Å²) in [5, 5.41) is 2.98. The first-order chi connectivity index (χ1) is 12.2. The first-order valence-corrected chi connectivity index (χ1v) is 8.49. The Morgan fingerprint density at radius 1 is 1.20 bits per heavy atom. The molecule has 2 aromatic rings. The number of piperazine rings is 1. The molecule has 1 aromatic heterocycles. The second-order valence-corrected chi connectivity index (χ2v) is 6.11. The van der Waals surface area contributed by atoms with Gasteiger partial charge in [0, 0.05) is 12.4 Å². The highest BCUT2D eigenvalue weighted by molar-refractivity contribution is 5.94. The van der Waals surface area contributed by atoms with Crippen LogP contribution in [0.3, 0.4) is 0 Å². The Hall–Kier alpha value is -2.67. The van der Waals surface area contributed by atoms with E-state index in [1.54, 1.807) is 19.5 Å². The van der Waals surface area contributed by atoms with Crippen molar-refractivity contribution in [1.29, 1.82) is 0 Å². The van der Waals surface area contributed by atoms with Crippen molar-refractivity contribution in [2.75, 3.05) is 43.5 Å². The number of anilines is 2. The lowest BCUT2D eigenvalue weighted by atomic mass is 10.2. The molecule has 0 radical (unpaired) electrons. The summed E-state index contributed by atoms with van der Waals surface area (Å²) in [6.45, 7) is 5.39. The van der Waals surface area contributed by atoms with E-state index in [2.05, 4.69) is 20.2 Å². The average molecular weight is 342 g/mol. The van der Waals surface area contributed by atoms with Crippen molar-refractivity contribution in [3.8, 4) is 5.75 Å². The molecule has 1 aromatic carbocycles. The van der Waals surface area contributed by atoms with E-state index in [1.807, 2.05) is 37.3 Å². The summed E-state index contributed by atoms with van der Waals surface area (Å²) in [6, 6.07) is 9.14. The molecule has 1 fully saturated rings. The maximum absolute atomic E-state index is 12.6. The van der Waals surface area contributed by atoms with Crippen molar-refractivity contribution in [2.24, 2.45) is 0 Å². The standard InChI is InChI=1S/C18H23N5O2/c1-14(17(24)21-15-6-3-4-7-16(15)25-2)22-10-12-23(13-11-22)18-19-8-5-9-20-18/h3-9,14H,10-13H2,1-2H3,(H,21,24)/p+1/t14-/m0/s1. The SMILES string of the molecule is COc1ccccc1NC(=O)[C@H](C)[NH+]1CCN(c2ncccn2)CC1. The number of ether oxygens (including phenoxy) is 1. The Kier molecular flexibility index (Phi) is 5.45. The number of hydrogen-bond donors (Lipinski definition) is 2. The molecule has 1 aliphatic rings. The third-order valence-electron chi connectivity index (χ3n) is 4.61. The maximum atomic E-state index is 12.6. The average Bonchev–Trinajstić information content (AvgIpc) is 2.68. The lowest BCUT2D eigenvalue weighted by Crippen LogP contribution is -3.19. The van der Waals surface area contributed by atoms with Crippen LogP contribution in [0.1, 0.15) is 6.92 Å². The minimum absolute atomic E-state index is 0.00362. The van der Waals surface area contributed by atoms with Crippen LogP contribution >= 0.6 is 0 Å². The highest BCUT2D eigenvalue weighted by Crippen LogP contribution is 2.22. The Morgan fingerprint density at radius 2 is 1.88 bits per heavy atom. The van der Waals surface area contributed by atoms with Crippen LogP contribution in [0, 0.1) is 0 Å². The number of carbonyl (C=O) groups excluding carboxylic acids is 1. The van der Waals surface area contributed by atoms with Gasteiger partial charge in [0.25, 0.3) is 5.91 Å². The van der Waals surface area contributed by atoms with Crippen LogP contribution in [-0.2, 0) is 4.79 Å². The molecule has 0 unspecified atom stereocenters. The zero-order chi connectivity index (χ0) is 17.6. The van der Waals surface area contributed by atoms with Gasteiger partial charge in [0.1, 0.15) is 5.75 Å². The first-order valence-electron chi connectivity index (χ1n) is 8.49. The van der Waals surface area contributed by atoms with Crippen molar-refractivity contribution in [3.05, 3.63) is 42.7 Å². The number of quaternary nitrogens is 1. The number of amides is 1. The number of hydrogen-bond acceptors (Lipinski definition) is 5. The summed E-state index contributed by atoms with van der Waals surface area (Å²) in [6.07, 6.45) is 3.51. The van der Waals surface area contributed by atoms with Crippen molar-refractivity contribution in [2.45, 2.75) is 13.0 Å². The van der Waals surface area contributed by atoms with E-state index >= 15 is 0 Å². The topological polar surface area (TPSA) is 71.8 Å². The number of nitrogens with one attached hydrogen (secondary N) is 2. The van der Waals surface area contributed by atoms with E-state index in [9.17, 15) is 4.79 Å². The third kappa shape index (κ3) is 4.06. The number of aromatic nitrogens is 2. The predicted octanol–water partition coefficient (Wildman–Crippen LogP) is 0.217. The van der Waals surface area contributed by atoms with Gasteiger partial charge in [-0.05, 0) is 25.1 Å². The van der Waals surface area contributed by atoms with Gasteiger partial charge in [0.2, 0.25) is 5.95 Å². The second kappa shape index (κ2) is 7.94. The van der Waals surface area contributed by atoms with Crippen LogP contribution in [0.4, 0.5) is 11.6 Å². The number of nitrogens with zero attached hydrogens (tertiary/aromatic N) is 3. The van der Waals surface area contributed by atoms with Crippen LogP contribution < -0.4 is 19.9 Å². The molecule has 7 heteroatoms. The van der Waals surface area contributed by atoms with E-state index in [0.717, 1.165) is 32.1 Å². The smallest absolute Gasteiger partial charge is 0.282 e. The highest BCUT2D eigenvalue weighted by atomic mass is 16.5. The summed E-state index contributed by atoms with van der Waals surface area (Å²) in [7, 11) is 1.60. The number of carbonyl (C=O) groups is 1. The van der Waals surface area contributed by atoms with Crippen LogP contribution in [0.2, 0.25) is 0 Å². The second-order valence-electron chi connectivity index (χ2n) is 6.11. The van der Waals surface area contributed by atoms with Gasteiger partial charge in [-0.15, -0.1) is 0 Å². The first kappa shape index (κ1) is 17.2. The van der Waals surface area contributed by atoms with E-state index in [0.29, 0.717) is 11.4 Å². The van der Waals surface area contributed by atoms with Gasteiger partial charge in [-0.2, -0.15) is 0 Å². The van der Waals surface area contributed by atoms with Gasteiger partial charge in [0.15, 0.2) is 6.04 Å². The fourth-order valence-electron chi connectivity index (χ4n) is 3.06. The van der Waals surface area contributed by atoms with Crippen molar-refractivity contribution < 1.29 is 14.4 Å². The van der Waals surface area contributed by atoms with E-state index in [4.69, 9.17) is 4.74 Å². The molecule has 1 saturated heterocycles. The molecule has 3 rings (SSSR count). The molecule has 0 spiro atoms. The van der Waals surface area contributed by atoms with Gasteiger partial charge in [-0.3, -0.25) is 4.79 Å². The van der Waals surface area contributed by atoms with Crippen LogP contribution in [0.15, 0.2) is 42.7 Å². The molecule has 0 bridgehead atoms. The maximum Gasteiger partial charge on any atom is 0.282 e. The largest absolute Gasteiger partial charge is 0.495 e. The fourth-order valence-corrected chi connectivity index (χ4v) is 3.06. The van der Waals surface area contributed by atoms with E-state index in [-0.39, 0.29) is 11.9 Å². The minimum Gasteiger partial charge on any atom is -0.495 e. The fraction of sp³-hybridized carbons (Fsp3) is 0.389. The Labute approximate surface area is 147 Å². The van der Waals surface area contributed by atoms with Crippen LogP contribution in [0.25, 0.3) is 0 Å². The molecule has 25 heavy (non-hydrogen) atoms. The van der Waals surface area contributed by atoms with Crippen molar-refractivity contribution >= 4 is 17.5 Å². The Morgan fingerprint density at radius 3 is 2.56 bits per heavy atom. The van der Waals surface area contributed by atoms with Gasteiger partial charge >= 0.3 is 0 Å². The quantitative estimate of drug-likeness (QED) is 0.813. The Bertz CT molecular complexity index is 702.